The molecule has 0 radical (unpaired) electrons. The number of aromatic amines is 1. The van der Waals surface area contributed by atoms with Gasteiger partial charge in [0.05, 0.1) is 5.57 Å². The minimum absolute atomic E-state index is 0.0206. The Morgan fingerprint density at radius 3 is 2.60 bits per heavy atom. The van der Waals surface area contributed by atoms with Crippen molar-refractivity contribution in [1.29, 1.82) is 0 Å². The number of hydrogen-bond acceptors (Lipinski definition) is 4. The number of aliphatic imine (C=N–C) groups is 1. The van der Waals surface area contributed by atoms with Crippen molar-refractivity contribution in [2.45, 2.75) is 51.8 Å². The fraction of sp³-hybridized carbons (Fsp3) is 0.333. The third-order valence-electron chi connectivity index (χ3n) is 6.32. The summed E-state index contributed by atoms with van der Waals surface area (Å²) in [5, 5.41) is 11.1. The van der Waals surface area contributed by atoms with Gasteiger partial charge in [0.15, 0.2) is 5.78 Å². The number of carbonyl (C=O) groups excluding carboxylic acids is 1. The predicted molar refractivity (Wildman–Crippen MR) is 129 cm³/mol. The van der Waals surface area contributed by atoms with Crippen molar-refractivity contribution in [2.24, 2.45) is 4.99 Å². The third kappa shape index (κ3) is 5.58. The Labute approximate surface area is 201 Å². The number of fused-ring (bicyclic) bond motifs is 1. The topological polar surface area (TPSA) is 74.7 Å². The summed E-state index contributed by atoms with van der Waals surface area (Å²) in [6.07, 6.45) is -3.13. The van der Waals surface area contributed by atoms with Crippen LogP contribution >= 0.6 is 0 Å². The molecule has 1 aliphatic rings. The molecule has 5 nitrogen and oxygen atoms in total. The number of aliphatic hydroxyl groups is 1. The number of nitrogens with zero attached hydrogens (tertiary/aromatic N) is 1. The molecule has 0 unspecified atom stereocenters. The van der Waals surface area contributed by atoms with Gasteiger partial charge >= 0.3 is 6.36 Å². The zero-order valence-corrected chi connectivity index (χ0v) is 19.6. The maximum absolute atomic E-state index is 13.0. The van der Waals surface area contributed by atoms with Crippen LogP contribution in [-0.4, -0.2) is 34.5 Å². The van der Waals surface area contributed by atoms with Gasteiger partial charge in [-0.05, 0) is 55.0 Å². The van der Waals surface area contributed by atoms with Crippen LogP contribution in [0.25, 0.3) is 10.9 Å². The van der Waals surface area contributed by atoms with Crippen LogP contribution in [0.4, 0.5) is 13.2 Å². The Morgan fingerprint density at radius 1 is 1.17 bits per heavy atom. The van der Waals surface area contributed by atoms with Gasteiger partial charge in [0.2, 0.25) is 0 Å². The van der Waals surface area contributed by atoms with Gasteiger partial charge in [-0.2, -0.15) is 0 Å². The summed E-state index contributed by atoms with van der Waals surface area (Å²) in [5.74, 6) is -0.385. The lowest BCUT2D eigenvalue weighted by atomic mass is 9.79. The monoisotopic (exact) mass is 484 g/mol. The molecular formula is C27H27F3N2O3. The largest absolute Gasteiger partial charge is 0.573 e. The number of nitrogens with one attached hydrogen (secondary N) is 1. The molecule has 1 fully saturated rings. The first-order chi connectivity index (χ1) is 16.7. The van der Waals surface area contributed by atoms with Crippen LogP contribution < -0.4 is 4.74 Å². The Hall–Kier alpha value is -3.55. The van der Waals surface area contributed by atoms with E-state index in [-0.39, 0.29) is 23.2 Å². The third-order valence-corrected chi connectivity index (χ3v) is 6.32. The van der Waals surface area contributed by atoms with E-state index in [1.807, 2.05) is 37.3 Å². The molecule has 1 atom stereocenters. The van der Waals surface area contributed by atoms with Gasteiger partial charge < -0.3 is 14.8 Å². The number of H-pyrrole nitrogens is 1. The second kappa shape index (κ2) is 9.98. The van der Waals surface area contributed by atoms with E-state index in [9.17, 15) is 23.1 Å². The highest BCUT2D eigenvalue weighted by Crippen LogP contribution is 2.34. The van der Waals surface area contributed by atoms with Crippen molar-refractivity contribution in [3.63, 3.8) is 0 Å². The quantitative estimate of drug-likeness (QED) is 0.301. The number of halogens is 3. The van der Waals surface area contributed by atoms with Crippen molar-refractivity contribution in [3.05, 3.63) is 76.7 Å². The van der Waals surface area contributed by atoms with Crippen LogP contribution in [0.15, 0.2) is 64.9 Å². The first-order valence-corrected chi connectivity index (χ1v) is 11.6. The van der Waals surface area contributed by atoms with Gasteiger partial charge in [-0.25, -0.2) is 0 Å². The molecule has 0 spiro atoms. The summed E-state index contributed by atoms with van der Waals surface area (Å²) < 4.78 is 42.1. The van der Waals surface area contributed by atoms with Crippen LogP contribution in [0.2, 0.25) is 0 Å². The standard InChI is InChI=1S/C27H27F3N2O3/c1-3-24(33)26-23(13-18(14-25(26)34)17-7-5-4-6-8-17)31-12-11-20-16(2)32-22-10-9-19(15-21(20)22)35-27(28,29)30/h4-10,15,18,32-33H,3,11-14H2,1-2H3/t18-/m1/s1. The molecule has 4 rings (SSSR count). The molecular weight excluding hydrogens is 457 g/mol. The van der Waals surface area contributed by atoms with Gasteiger partial charge in [0, 0.05) is 41.7 Å². The van der Waals surface area contributed by atoms with Crippen molar-refractivity contribution in [3.8, 4) is 5.75 Å². The van der Waals surface area contributed by atoms with Crippen molar-refractivity contribution in [1.82, 2.24) is 4.98 Å². The maximum Gasteiger partial charge on any atom is 0.573 e. The van der Waals surface area contributed by atoms with Crippen molar-refractivity contribution < 1.29 is 27.8 Å². The molecule has 0 aliphatic heterocycles. The lowest BCUT2D eigenvalue weighted by molar-refractivity contribution is -0.274. The summed E-state index contributed by atoms with van der Waals surface area (Å²) in [6.45, 7) is 3.96. The van der Waals surface area contributed by atoms with Crippen LogP contribution in [0.3, 0.4) is 0 Å². The van der Waals surface area contributed by atoms with E-state index >= 15 is 0 Å². The molecule has 184 valence electrons. The molecule has 2 N–H and O–H groups in total. The maximum atomic E-state index is 13.0. The van der Waals surface area contributed by atoms with E-state index in [0.29, 0.717) is 54.4 Å². The number of aliphatic hydroxyl groups excluding tert-OH is 1. The Bertz CT molecular complexity index is 1290. The number of hydrogen-bond donors (Lipinski definition) is 2. The fourth-order valence-electron chi connectivity index (χ4n) is 4.69. The van der Waals surface area contributed by atoms with Crippen molar-refractivity contribution in [2.75, 3.05) is 6.54 Å². The zero-order chi connectivity index (χ0) is 25.2. The van der Waals surface area contributed by atoms with Crippen LogP contribution in [0.1, 0.15) is 48.9 Å². The molecule has 0 saturated heterocycles. The number of aryl methyl sites for hydroxylation is 1. The molecule has 0 amide bonds. The highest BCUT2D eigenvalue weighted by molar-refractivity contribution is 6.24. The van der Waals surface area contributed by atoms with E-state index in [2.05, 4.69) is 9.72 Å². The number of aromatic nitrogens is 1. The number of ketones is 1. The average molecular weight is 485 g/mol. The highest BCUT2D eigenvalue weighted by atomic mass is 19.4. The molecule has 0 bridgehead atoms. The first-order valence-electron chi connectivity index (χ1n) is 11.6. The number of rotatable bonds is 6. The molecule has 1 heterocycles. The van der Waals surface area contributed by atoms with E-state index in [1.165, 1.54) is 12.1 Å². The number of carbonyl (C=O) groups is 1. The molecule has 3 aromatic rings. The van der Waals surface area contributed by atoms with Gasteiger partial charge in [-0.1, -0.05) is 37.3 Å². The number of Topliss-reactive ketones (excluding diaryl/α,β-unsaturated/α-hetero) is 1. The van der Waals surface area contributed by atoms with Gasteiger partial charge in [0.1, 0.15) is 11.5 Å². The Kier molecular flexibility index (Phi) is 7.00. The molecule has 2 aromatic carbocycles. The Morgan fingerprint density at radius 2 is 1.91 bits per heavy atom. The molecule has 1 saturated carbocycles. The summed E-state index contributed by atoms with van der Waals surface area (Å²) >= 11 is 0. The summed E-state index contributed by atoms with van der Waals surface area (Å²) in [7, 11) is 0. The number of allylic oxidation sites excluding steroid dienone is 2. The molecule has 1 aromatic heterocycles. The zero-order valence-electron chi connectivity index (χ0n) is 19.6. The average Bonchev–Trinajstić information content (AvgIpc) is 3.12. The molecule has 1 aliphatic carbocycles. The van der Waals surface area contributed by atoms with E-state index in [4.69, 9.17) is 4.99 Å². The van der Waals surface area contributed by atoms with Crippen LogP contribution in [0, 0.1) is 6.92 Å². The number of alkyl halides is 3. The number of benzene rings is 2. The second-order valence-electron chi connectivity index (χ2n) is 8.68. The highest BCUT2D eigenvalue weighted by Gasteiger charge is 2.32. The summed E-state index contributed by atoms with van der Waals surface area (Å²) in [5.41, 5.74) is 4.31. The van der Waals surface area contributed by atoms with Gasteiger partial charge in [0.25, 0.3) is 0 Å². The first kappa shape index (κ1) is 24.6. The van der Waals surface area contributed by atoms with Crippen LogP contribution in [0.5, 0.6) is 5.75 Å². The minimum atomic E-state index is -4.77. The van der Waals surface area contributed by atoms with Crippen molar-refractivity contribution >= 4 is 22.4 Å². The van der Waals surface area contributed by atoms with E-state index < -0.39 is 6.36 Å². The molecule has 8 heteroatoms. The number of ether oxygens (including phenoxy) is 1. The van der Waals surface area contributed by atoms with Gasteiger partial charge in [-0.3, -0.25) is 9.79 Å². The predicted octanol–water partition coefficient (Wildman–Crippen LogP) is 6.73. The molecule has 35 heavy (non-hydrogen) atoms. The fourth-order valence-corrected chi connectivity index (χ4v) is 4.69. The summed E-state index contributed by atoms with van der Waals surface area (Å²) in [4.78, 5) is 20.9. The normalized spacial score (nSPS) is 19.4. The van der Waals surface area contributed by atoms with E-state index in [1.54, 1.807) is 13.0 Å². The van der Waals surface area contributed by atoms with Crippen LogP contribution in [-0.2, 0) is 11.2 Å². The lowest BCUT2D eigenvalue weighted by Gasteiger charge is -2.26. The minimum Gasteiger partial charge on any atom is -0.512 e. The smallest absolute Gasteiger partial charge is 0.512 e. The van der Waals surface area contributed by atoms with E-state index in [0.717, 1.165) is 16.8 Å². The van der Waals surface area contributed by atoms with Gasteiger partial charge in [-0.15, -0.1) is 13.2 Å². The second-order valence-corrected chi connectivity index (χ2v) is 8.68. The lowest BCUT2D eigenvalue weighted by Crippen LogP contribution is -2.27. The SMILES string of the molecule is CCC(O)=C1C(=O)C[C@H](c2ccccc2)CC1=NCCc1c(C)[nH]c2ccc(OC(F)(F)F)cc12. The Balaban J connectivity index is 1.61. The summed E-state index contributed by atoms with van der Waals surface area (Å²) in [6, 6.07) is 14.0.